The molecule has 8 heteroatoms. The fourth-order valence-corrected chi connectivity index (χ4v) is 3.63. The Kier molecular flexibility index (Phi) is 5.91. The fraction of sp³-hybridized carbons (Fsp3) is 0.476. The van der Waals surface area contributed by atoms with Gasteiger partial charge >= 0.3 is 0 Å². The molecule has 1 aromatic carbocycles. The lowest BCUT2D eigenvalue weighted by Gasteiger charge is -2.30. The molecule has 1 aliphatic carbocycles. The van der Waals surface area contributed by atoms with Gasteiger partial charge < -0.3 is 20.9 Å². The first-order valence-electron chi connectivity index (χ1n) is 9.64. The van der Waals surface area contributed by atoms with Gasteiger partial charge in [0.15, 0.2) is 5.82 Å². The molecular formula is C21H27N5O3. The maximum Gasteiger partial charge on any atom is 0.254 e. The number of rotatable bonds is 6. The van der Waals surface area contributed by atoms with Crippen molar-refractivity contribution in [2.45, 2.75) is 50.9 Å². The number of hydrogen-bond acceptors (Lipinski definition) is 6. The summed E-state index contributed by atoms with van der Waals surface area (Å²) in [5.41, 5.74) is 7.17. The number of amides is 1. The molecule has 154 valence electrons. The van der Waals surface area contributed by atoms with Gasteiger partial charge in [-0.3, -0.25) is 9.48 Å². The number of aliphatic hydroxyl groups excluding tert-OH is 1. The van der Waals surface area contributed by atoms with Crippen LogP contribution in [0.1, 0.15) is 55.1 Å². The number of carbonyl (C=O) groups excluding carboxylic acids is 1. The van der Waals surface area contributed by atoms with Crippen LogP contribution in [0.4, 0.5) is 11.5 Å². The van der Waals surface area contributed by atoms with Gasteiger partial charge in [0, 0.05) is 19.0 Å². The standard InChI is InChI=1S/C21H27N5O3/c1-21(2,29-3)14-4-6-15(7-5-14)24-20-17(19(23)28)12-26(25-20)18-9-8-16(27)10-13(18)11-22/h4-7,12-13,16,18,27H,8-10H2,1-3H3,(H2,23,28)(H,24,25). The van der Waals surface area contributed by atoms with Gasteiger partial charge in [0.2, 0.25) is 0 Å². The Bertz CT molecular complexity index is 913. The number of benzene rings is 1. The maximum atomic E-state index is 11.9. The Hall–Kier alpha value is -2.89. The fourth-order valence-electron chi connectivity index (χ4n) is 3.63. The van der Waals surface area contributed by atoms with E-state index < -0.39 is 17.6 Å². The van der Waals surface area contributed by atoms with Crippen molar-refractivity contribution >= 4 is 17.4 Å². The van der Waals surface area contributed by atoms with Crippen molar-refractivity contribution in [3.8, 4) is 6.07 Å². The summed E-state index contributed by atoms with van der Waals surface area (Å²) in [5.74, 6) is -0.623. The van der Waals surface area contributed by atoms with E-state index in [1.165, 1.54) is 0 Å². The van der Waals surface area contributed by atoms with Gasteiger partial charge in [-0.15, -0.1) is 0 Å². The highest BCUT2D eigenvalue weighted by molar-refractivity contribution is 5.98. The third kappa shape index (κ3) is 4.42. The summed E-state index contributed by atoms with van der Waals surface area (Å²) in [6.07, 6.45) is 2.70. The third-order valence-corrected chi connectivity index (χ3v) is 5.64. The van der Waals surface area contributed by atoms with E-state index in [-0.39, 0.29) is 17.5 Å². The summed E-state index contributed by atoms with van der Waals surface area (Å²) in [6.45, 7) is 3.96. The minimum absolute atomic E-state index is 0.207. The van der Waals surface area contributed by atoms with Gasteiger partial charge in [-0.25, -0.2) is 0 Å². The predicted octanol–water partition coefficient (Wildman–Crippen LogP) is 2.83. The van der Waals surface area contributed by atoms with E-state index in [1.54, 1.807) is 18.0 Å². The highest BCUT2D eigenvalue weighted by Gasteiger charge is 2.32. The van der Waals surface area contributed by atoms with Crippen LogP contribution in [0.25, 0.3) is 0 Å². The number of nitriles is 1. The Morgan fingerprint density at radius 3 is 2.66 bits per heavy atom. The van der Waals surface area contributed by atoms with E-state index in [4.69, 9.17) is 10.5 Å². The second kappa shape index (κ2) is 8.23. The molecule has 8 nitrogen and oxygen atoms in total. The Balaban J connectivity index is 1.86. The Labute approximate surface area is 170 Å². The van der Waals surface area contributed by atoms with Crippen molar-refractivity contribution in [2.75, 3.05) is 12.4 Å². The number of nitrogens with two attached hydrogens (primary N) is 1. The molecule has 3 rings (SSSR count). The summed E-state index contributed by atoms with van der Waals surface area (Å²) in [5, 5.41) is 26.9. The Morgan fingerprint density at radius 1 is 1.38 bits per heavy atom. The van der Waals surface area contributed by atoms with Crippen LogP contribution in [0.2, 0.25) is 0 Å². The summed E-state index contributed by atoms with van der Waals surface area (Å²) in [4.78, 5) is 11.9. The molecule has 1 amide bonds. The average molecular weight is 397 g/mol. The predicted molar refractivity (Wildman–Crippen MR) is 109 cm³/mol. The molecule has 3 atom stereocenters. The normalized spacial score (nSPS) is 22.1. The van der Waals surface area contributed by atoms with E-state index in [0.29, 0.717) is 25.1 Å². The maximum absolute atomic E-state index is 11.9. The quantitative estimate of drug-likeness (QED) is 0.688. The number of nitrogens with zero attached hydrogens (tertiary/aromatic N) is 3. The second-order valence-electron chi connectivity index (χ2n) is 7.92. The van der Waals surface area contributed by atoms with Crippen LogP contribution in [-0.4, -0.2) is 34.0 Å². The van der Waals surface area contributed by atoms with Crippen molar-refractivity contribution in [1.82, 2.24) is 9.78 Å². The van der Waals surface area contributed by atoms with Crippen LogP contribution < -0.4 is 11.1 Å². The van der Waals surface area contributed by atoms with Gasteiger partial charge in [-0.2, -0.15) is 10.4 Å². The molecule has 2 aromatic rings. The molecule has 0 spiro atoms. The summed E-state index contributed by atoms with van der Waals surface area (Å²) in [6, 6.07) is 9.70. The minimum atomic E-state index is -0.597. The number of aliphatic hydroxyl groups is 1. The summed E-state index contributed by atoms with van der Waals surface area (Å²) in [7, 11) is 1.66. The van der Waals surface area contributed by atoms with Crippen molar-refractivity contribution in [3.63, 3.8) is 0 Å². The van der Waals surface area contributed by atoms with Crippen LogP contribution in [0.15, 0.2) is 30.5 Å². The second-order valence-corrected chi connectivity index (χ2v) is 7.92. The van der Waals surface area contributed by atoms with Gasteiger partial charge in [0.05, 0.1) is 29.7 Å². The lowest BCUT2D eigenvalue weighted by atomic mass is 9.84. The molecule has 29 heavy (non-hydrogen) atoms. The third-order valence-electron chi connectivity index (χ3n) is 5.64. The highest BCUT2D eigenvalue weighted by Crippen LogP contribution is 2.35. The number of primary amides is 1. The van der Waals surface area contributed by atoms with Gasteiger partial charge in [0.25, 0.3) is 5.91 Å². The van der Waals surface area contributed by atoms with Crippen LogP contribution in [-0.2, 0) is 10.3 Å². The molecular weight excluding hydrogens is 370 g/mol. The number of nitrogens with one attached hydrogen (secondary N) is 1. The van der Waals surface area contributed by atoms with Crippen LogP contribution in [0, 0.1) is 17.2 Å². The molecule has 0 aliphatic heterocycles. The van der Waals surface area contributed by atoms with Crippen LogP contribution in [0.3, 0.4) is 0 Å². The van der Waals surface area contributed by atoms with Gasteiger partial charge in [-0.05, 0) is 50.8 Å². The van der Waals surface area contributed by atoms with Crippen molar-refractivity contribution in [3.05, 3.63) is 41.6 Å². The summed E-state index contributed by atoms with van der Waals surface area (Å²) >= 11 is 0. The van der Waals surface area contributed by atoms with E-state index in [9.17, 15) is 15.2 Å². The zero-order valence-corrected chi connectivity index (χ0v) is 16.9. The van der Waals surface area contributed by atoms with Crippen LogP contribution >= 0.6 is 0 Å². The Morgan fingerprint density at radius 2 is 2.07 bits per heavy atom. The smallest absolute Gasteiger partial charge is 0.254 e. The van der Waals surface area contributed by atoms with Crippen molar-refractivity contribution < 1.29 is 14.6 Å². The first-order chi connectivity index (χ1) is 13.7. The molecule has 1 aromatic heterocycles. The van der Waals surface area contributed by atoms with E-state index in [1.807, 2.05) is 38.1 Å². The largest absolute Gasteiger partial charge is 0.393 e. The topological polar surface area (TPSA) is 126 Å². The zero-order valence-electron chi connectivity index (χ0n) is 16.9. The lowest BCUT2D eigenvalue weighted by molar-refractivity contribution is 0.0192. The van der Waals surface area contributed by atoms with E-state index in [2.05, 4.69) is 16.5 Å². The van der Waals surface area contributed by atoms with Gasteiger partial charge in [-0.1, -0.05) is 12.1 Å². The van der Waals surface area contributed by atoms with Crippen molar-refractivity contribution in [1.29, 1.82) is 5.26 Å². The monoisotopic (exact) mass is 397 g/mol. The first kappa shape index (κ1) is 20.8. The molecule has 0 bridgehead atoms. The number of hydrogen-bond donors (Lipinski definition) is 3. The molecule has 3 unspecified atom stereocenters. The molecule has 0 saturated heterocycles. The first-order valence-corrected chi connectivity index (χ1v) is 9.64. The SMILES string of the molecule is COC(C)(C)c1ccc(Nc2nn(C3CCC(O)CC3C#N)cc2C(N)=O)cc1. The average Bonchev–Trinajstić information content (AvgIpc) is 3.12. The van der Waals surface area contributed by atoms with Crippen LogP contribution in [0.5, 0.6) is 0 Å². The molecule has 4 N–H and O–H groups in total. The number of carbonyl (C=O) groups is 1. The molecule has 0 radical (unpaired) electrons. The molecule has 1 fully saturated rings. The van der Waals surface area contributed by atoms with Crippen molar-refractivity contribution in [2.24, 2.45) is 11.7 Å². The number of anilines is 2. The van der Waals surface area contributed by atoms with E-state index >= 15 is 0 Å². The number of ether oxygens (including phenoxy) is 1. The lowest BCUT2D eigenvalue weighted by Crippen LogP contribution is -2.29. The van der Waals surface area contributed by atoms with Gasteiger partial charge in [0.1, 0.15) is 5.56 Å². The molecule has 1 heterocycles. The van der Waals surface area contributed by atoms with E-state index in [0.717, 1.165) is 11.3 Å². The molecule has 1 saturated carbocycles. The number of aromatic nitrogens is 2. The minimum Gasteiger partial charge on any atom is -0.393 e. The number of methoxy groups -OCH3 is 1. The highest BCUT2D eigenvalue weighted by atomic mass is 16.5. The molecule has 1 aliphatic rings. The zero-order chi connectivity index (χ0) is 21.2. The summed E-state index contributed by atoms with van der Waals surface area (Å²) < 4.78 is 7.12.